The van der Waals surface area contributed by atoms with E-state index in [1.807, 2.05) is 13.0 Å². The van der Waals surface area contributed by atoms with E-state index in [1.54, 1.807) is 25.3 Å². The molecule has 6 nitrogen and oxygen atoms in total. The average Bonchev–Trinajstić information content (AvgIpc) is 2.61. The van der Waals surface area contributed by atoms with Crippen molar-refractivity contribution in [2.75, 3.05) is 5.32 Å². The minimum absolute atomic E-state index is 0.0316. The van der Waals surface area contributed by atoms with E-state index in [0.29, 0.717) is 11.3 Å². The summed E-state index contributed by atoms with van der Waals surface area (Å²) in [7, 11) is 0. The lowest BCUT2D eigenvalue weighted by molar-refractivity contribution is -0.122. The number of pyridine rings is 1. The first-order chi connectivity index (χ1) is 12.4. The van der Waals surface area contributed by atoms with Crippen LogP contribution in [0.15, 0.2) is 47.4 Å². The number of carbonyl (C=O) groups is 1. The number of aryl methyl sites for hydroxylation is 2. The molecule has 0 spiro atoms. The number of fused-ring (bicyclic) bond motifs is 1. The summed E-state index contributed by atoms with van der Waals surface area (Å²) >= 11 is 0. The lowest BCUT2D eigenvalue weighted by Gasteiger charge is -2.16. The Morgan fingerprint density at radius 1 is 1.23 bits per heavy atom. The molecule has 0 fully saturated rings. The number of rotatable bonds is 4. The standard InChI is InChI=1S/C19H18FN3O3/c1-11-8-9-16-21-12(2)17(19(25)23(16)10-11)22-18(24)13(3)26-15-7-5-4-6-14(15)20/h4-10,13H,1-3H3,(H,22,24)/t13-/m0/s1. The number of carbonyl (C=O) groups excluding carboxylic acids is 1. The summed E-state index contributed by atoms with van der Waals surface area (Å²) < 4.78 is 20.4. The number of hydrogen-bond acceptors (Lipinski definition) is 4. The van der Waals surface area contributed by atoms with E-state index in [4.69, 9.17) is 4.74 Å². The minimum Gasteiger partial charge on any atom is -0.478 e. The number of nitrogens with zero attached hydrogens (tertiary/aromatic N) is 2. The fourth-order valence-corrected chi connectivity index (χ4v) is 2.51. The van der Waals surface area contributed by atoms with E-state index in [9.17, 15) is 14.0 Å². The molecule has 0 aliphatic carbocycles. The molecule has 0 aliphatic rings. The van der Waals surface area contributed by atoms with Crippen LogP contribution in [0.1, 0.15) is 18.2 Å². The topological polar surface area (TPSA) is 72.7 Å². The van der Waals surface area contributed by atoms with Crippen LogP contribution in [-0.4, -0.2) is 21.4 Å². The molecule has 1 atom stereocenters. The van der Waals surface area contributed by atoms with Crippen LogP contribution < -0.4 is 15.6 Å². The monoisotopic (exact) mass is 355 g/mol. The molecule has 0 unspecified atom stereocenters. The fraction of sp³-hybridized carbons (Fsp3) is 0.211. The number of para-hydroxylation sites is 1. The second kappa shape index (κ2) is 6.95. The third-order valence-corrected chi connectivity index (χ3v) is 3.91. The first kappa shape index (κ1) is 17.6. The van der Waals surface area contributed by atoms with Gasteiger partial charge < -0.3 is 10.1 Å². The fourth-order valence-electron chi connectivity index (χ4n) is 2.51. The van der Waals surface area contributed by atoms with Gasteiger partial charge in [-0.3, -0.25) is 14.0 Å². The summed E-state index contributed by atoms with van der Waals surface area (Å²) in [4.78, 5) is 29.4. The summed E-state index contributed by atoms with van der Waals surface area (Å²) in [6.07, 6.45) is 0.655. The van der Waals surface area contributed by atoms with E-state index in [-0.39, 0.29) is 17.0 Å². The van der Waals surface area contributed by atoms with Gasteiger partial charge in [-0.2, -0.15) is 0 Å². The second-order valence-corrected chi connectivity index (χ2v) is 5.99. The number of halogens is 1. The van der Waals surface area contributed by atoms with Gasteiger partial charge in [0.25, 0.3) is 11.5 Å². The molecule has 0 aliphatic heterocycles. The van der Waals surface area contributed by atoms with Gasteiger partial charge in [0.1, 0.15) is 11.3 Å². The lowest BCUT2D eigenvalue weighted by Crippen LogP contribution is -2.34. The summed E-state index contributed by atoms with van der Waals surface area (Å²) in [6.45, 7) is 4.97. The summed E-state index contributed by atoms with van der Waals surface area (Å²) in [5, 5.41) is 2.55. The molecule has 1 aromatic carbocycles. The van der Waals surface area contributed by atoms with Gasteiger partial charge in [0, 0.05) is 6.20 Å². The van der Waals surface area contributed by atoms with E-state index in [2.05, 4.69) is 10.3 Å². The third kappa shape index (κ3) is 3.42. The summed E-state index contributed by atoms with van der Waals surface area (Å²) in [5.41, 5.74) is 1.46. The number of amides is 1. The molecule has 2 heterocycles. The first-order valence-electron chi connectivity index (χ1n) is 8.08. The molecule has 0 saturated heterocycles. The third-order valence-electron chi connectivity index (χ3n) is 3.91. The van der Waals surface area contributed by atoms with Crippen LogP contribution >= 0.6 is 0 Å². The molecule has 0 saturated carbocycles. The number of anilines is 1. The van der Waals surface area contributed by atoms with Crippen molar-refractivity contribution >= 4 is 17.2 Å². The minimum atomic E-state index is -0.996. The van der Waals surface area contributed by atoms with E-state index < -0.39 is 17.8 Å². The highest BCUT2D eigenvalue weighted by atomic mass is 19.1. The number of ether oxygens (including phenoxy) is 1. The van der Waals surface area contributed by atoms with Crippen LogP contribution in [0, 0.1) is 19.7 Å². The number of hydrogen-bond donors (Lipinski definition) is 1. The summed E-state index contributed by atoms with van der Waals surface area (Å²) in [5.74, 6) is -1.16. The van der Waals surface area contributed by atoms with Crippen molar-refractivity contribution in [3.63, 3.8) is 0 Å². The molecule has 26 heavy (non-hydrogen) atoms. The maximum Gasteiger partial charge on any atom is 0.281 e. The first-order valence-corrected chi connectivity index (χ1v) is 8.08. The van der Waals surface area contributed by atoms with Crippen molar-refractivity contribution in [2.45, 2.75) is 26.9 Å². The smallest absolute Gasteiger partial charge is 0.281 e. The molecule has 1 amide bonds. The van der Waals surface area contributed by atoms with Crippen LogP contribution in [0.3, 0.4) is 0 Å². The highest BCUT2D eigenvalue weighted by Gasteiger charge is 2.20. The van der Waals surface area contributed by atoms with E-state index in [0.717, 1.165) is 5.56 Å². The van der Waals surface area contributed by atoms with Crippen LogP contribution in [0.2, 0.25) is 0 Å². The Kier molecular flexibility index (Phi) is 4.71. The Balaban J connectivity index is 1.87. The molecule has 134 valence electrons. The van der Waals surface area contributed by atoms with E-state index in [1.165, 1.54) is 29.5 Å². The molecule has 0 bridgehead atoms. The highest BCUT2D eigenvalue weighted by Crippen LogP contribution is 2.18. The summed E-state index contributed by atoms with van der Waals surface area (Å²) in [6, 6.07) is 9.39. The van der Waals surface area contributed by atoms with E-state index >= 15 is 0 Å². The van der Waals surface area contributed by atoms with Crippen LogP contribution in [-0.2, 0) is 4.79 Å². The quantitative estimate of drug-likeness (QED) is 0.781. The Morgan fingerprint density at radius 3 is 2.69 bits per heavy atom. The number of nitrogens with one attached hydrogen (secondary N) is 1. The zero-order chi connectivity index (χ0) is 18.8. The van der Waals surface area contributed by atoms with Gasteiger partial charge in [-0.1, -0.05) is 18.2 Å². The average molecular weight is 355 g/mol. The molecule has 7 heteroatoms. The molecular weight excluding hydrogens is 337 g/mol. The van der Waals surface area contributed by atoms with Crippen LogP contribution in [0.25, 0.3) is 5.65 Å². The van der Waals surface area contributed by atoms with Gasteiger partial charge in [0.05, 0.1) is 5.69 Å². The van der Waals surface area contributed by atoms with Crippen molar-refractivity contribution < 1.29 is 13.9 Å². The van der Waals surface area contributed by atoms with Gasteiger partial charge in [0.15, 0.2) is 17.7 Å². The van der Waals surface area contributed by atoms with Gasteiger partial charge in [0.2, 0.25) is 0 Å². The predicted molar refractivity (Wildman–Crippen MR) is 96.1 cm³/mol. The SMILES string of the molecule is Cc1ccc2nc(C)c(NC(=O)[C@H](C)Oc3ccccc3F)c(=O)n2c1. The second-order valence-electron chi connectivity index (χ2n) is 5.99. The highest BCUT2D eigenvalue weighted by molar-refractivity contribution is 5.94. The predicted octanol–water partition coefficient (Wildman–Crippen LogP) is 2.86. The normalized spacial score (nSPS) is 12.0. The molecular formula is C19H18FN3O3. The van der Waals surface area contributed by atoms with Crippen molar-refractivity contribution in [3.05, 3.63) is 70.0 Å². The molecule has 3 rings (SSSR count). The van der Waals surface area contributed by atoms with Crippen molar-refractivity contribution in [2.24, 2.45) is 0 Å². The van der Waals surface area contributed by atoms with Gasteiger partial charge in [-0.05, 0) is 44.5 Å². The Labute approximate surface area is 149 Å². The zero-order valence-electron chi connectivity index (χ0n) is 14.6. The molecule has 0 radical (unpaired) electrons. The van der Waals surface area contributed by atoms with Crippen LogP contribution in [0.5, 0.6) is 5.75 Å². The van der Waals surface area contributed by atoms with Crippen molar-refractivity contribution in [1.29, 1.82) is 0 Å². The van der Waals surface area contributed by atoms with Gasteiger partial charge in [-0.15, -0.1) is 0 Å². The number of benzene rings is 1. The number of aromatic nitrogens is 2. The Morgan fingerprint density at radius 2 is 1.96 bits per heavy atom. The lowest BCUT2D eigenvalue weighted by atomic mass is 10.2. The maximum atomic E-state index is 13.7. The largest absolute Gasteiger partial charge is 0.478 e. The zero-order valence-corrected chi connectivity index (χ0v) is 14.6. The Hall–Kier alpha value is -3.22. The molecule has 2 aromatic heterocycles. The van der Waals surface area contributed by atoms with Crippen molar-refractivity contribution in [1.82, 2.24) is 9.38 Å². The molecule has 1 N–H and O–H groups in total. The van der Waals surface area contributed by atoms with Gasteiger partial charge >= 0.3 is 0 Å². The maximum absolute atomic E-state index is 13.7. The van der Waals surface area contributed by atoms with Gasteiger partial charge in [-0.25, -0.2) is 9.37 Å². The molecule has 3 aromatic rings. The van der Waals surface area contributed by atoms with Crippen molar-refractivity contribution in [3.8, 4) is 5.75 Å². The Bertz CT molecular complexity index is 1050. The van der Waals surface area contributed by atoms with Crippen LogP contribution in [0.4, 0.5) is 10.1 Å².